The third kappa shape index (κ3) is 3.79. The summed E-state index contributed by atoms with van der Waals surface area (Å²) >= 11 is 6.17. The molecule has 0 bridgehead atoms. The number of carbonyl (C=O) groups excluding carboxylic acids is 1. The first kappa shape index (κ1) is 19.3. The molecule has 0 aliphatic carbocycles. The van der Waals surface area contributed by atoms with Gasteiger partial charge in [-0.25, -0.2) is 0 Å². The second-order valence-electron chi connectivity index (χ2n) is 7.34. The lowest BCUT2D eigenvalue weighted by Gasteiger charge is -2.55. The molecule has 1 aliphatic rings. The van der Waals surface area contributed by atoms with Crippen molar-refractivity contribution in [3.8, 4) is 11.8 Å². The van der Waals surface area contributed by atoms with Crippen LogP contribution in [-0.2, 0) is 0 Å². The van der Waals surface area contributed by atoms with Crippen LogP contribution in [0.2, 0.25) is 5.02 Å². The Morgan fingerprint density at radius 2 is 2.00 bits per heavy atom. The van der Waals surface area contributed by atoms with Crippen LogP contribution in [-0.4, -0.2) is 24.0 Å². The number of ketones is 1. The highest BCUT2D eigenvalue weighted by atomic mass is 35.5. The number of ether oxygens (including phenoxy) is 1. The molecule has 2 aromatic rings. The summed E-state index contributed by atoms with van der Waals surface area (Å²) in [6.07, 6.45) is 1.43. The first-order chi connectivity index (χ1) is 12.9. The number of hydrogen-bond donors (Lipinski definition) is 0. The Balaban J connectivity index is 1.67. The van der Waals surface area contributed by atoms with E-state index >= 15 is 0 Å². The van der Waals surface area contributed by atoms with E-state index in [0.717, 1.165) is 30.0 Å². The third-order valence-electron chi connectivity index (χ3n) is 5.15. The standard InChI is InChI=1S/C22H23ClN2O2/c1-4-5-20(26)15-7-10-18(11-8-15)27-21-14-25(22(21,2)3)17-9-6-16(13-24)19(23)12-17/h6-12,21H,4-5,14H2,1-3H3/t21-/m1/s1. The Hall–Kier alpha value is -2.51. The van der Waals surface area contributed by atoms with Gasteiger partial charge < -0.3 is 9.64 Å². The van der Waals surface area contributed by atoms with Crippen LogP contribution < -0.4 is 9.64 Å². The van der Waals surface area contributed by atoms with E-state index in [0.29, 0.717) is 17.0 Å². The molecule has 0 aromatic heterocycles. The van der Waals surface area contributed by atoms with Crippen LogP contribution in [0.4, 0.5) is 5.69 Å². The molecule has 2 aromatic carbocycles. The Kier molecular flexibility index (Phi) is 5.43. The molecule has 0 spiro atoms. The highest BCUT2D eigenvalue weighted by Gasteiger charge is 2.48. The quantitative estimate of drug-likeness (QED) is 0.641. The van der Waals surface area contributed by atoms with Gasteiger partial charge in [-0.15, -0.1) is 0 Å². The van der Waals surface area contributed by atoms with E-state index in [1.165, 1.54) is 0 Å². The minimum Gasteiger partial charge on any atom is -0.486 e. The molecule has 4 nitrogen and oxygen atoms in total. The lowest BCUT2D eigenvalue weighted by molar-refractivity contribution is 0.0651. The van der Waals surface area contributed by atoms with Gasteiger partial charge in [-0.05, 0) is 62.7 Å². The number of rotatable bonds is 6. The fourth-order valence-electron chi connectivity index (χ4n) is 3.32. The number of anilines is 1. The van der Waals surface area contributed by atoms with E-state index in [1.807, 2.05) is 43.3 Å². The molecule has 1 saturated heterocycles. The normalized spacial score (nSPS) is 17.7. The average Bonchev–Trinajstić information content (AvgIpc) is 2.65. The summed E-state index contributed by atoms with van der Waals surface area (Å²) < 4.78 is 6.15. The molecule has 1 fully saturated rings. The smallest absolute Gasteiger partial charge is 0.162 e. The van der Waals surface area contributed by atoms with Gasteiger partial charge >= 0.3 is 0 Å². The van der Waals surface area contributed by atoms with Crippen molar-refractivity contribution in [3.05, 3.63) is 58.6 Å². The summed E-state index contributed by atoms with van der Waals surface area (Å²) in [7, 11) is 0. The molecular formula is C22H23ClN2O2. The van der Waals surface area contributed by atoms with Gasteiger partial charge in [-0.1, -0.05) is 18.5 Å². The summed E-state index contributed by atoms with van der Waals surface area (Å²) in [5.41, 5.74) is 1.97. The summed E-state index contributed by atoms with van der Waals surface area (Å²) in [5.74, 6) is 0.926. The molecule has 3 rings (SSSR count). The van der Waals surface area contributed by atoms with Gasteiger partial charge in [-0.3, -0.25) is 4.79 Å². The maximum absolute atomic E-state index is 11.9. The molecule has 5 heteroatoms. The maximum Gasteiger partial charge on any atom is 0.162 e. The summed E-state index contributed by atoms with van der Waals surface area (Å²) in [6, 6.07) is 14.9. The van der Waals surface area contributed by atoms with E-state index in [4.69, 9.17) is 21.6 Å². The van der Waals surface area contributed by atoms with Crippen molar-refractivity contribution in [3.63, 3.8) is 0 Å². The van der Waals surface area contributed by atoms with Crippen molar-refractivity contribution < 1.29 is 9.53 Å². The van der Waals surface area contributed by atoms with Crippen molar-refractivity contribution in [2.45, 2.75) is 45.3 Å². The number of benzene rings is 2. The lowest BCUT2D eigenvalue weighted by Crippen LogP contribution is -2.70. The monoisotopic (exact) mass is 382 g/mol. The van der Waals surface area contributed by atoms with Gasteiger partial charge in [0.15, 0.2) is 5.78 Å². The van der Waals surface area contributed by atoms with Crippen molar-refractivity contribution in [2.24, 2.45) is 0 Å². The Labute approximate surface area is 165 Å². The largest absolute Gasteiger partial charge is 0.486 e. The number of halogens is 1. The van der Waals surface area contributed by atoms with Crippen LogP contribution in [0.5, 0.6) is 5.75 Å². The van der Waals surface area contributed by atoms with E-state index in [-0.39, 0.29) is 17.4 Å². The highest BCUT2D eigenvalue weighted by Crippen LogP contribution is 2.39. The molecule has 0 amide bonds. The van der Waals surface area contributed by atoms with Crippen LogP contribution in [0.3, 0.4) is 0 Å². The summed E-state index contributed by atoms with van der Waals surface area (Å²) in [6.45, 7) is 6.96. The average molecular weight is 383 g/mol. The Bertz CT molecular complexity index is 884. The molecule has 0 N–H and O–H groups in total. The predicted molar refractivity (Wildman–Crippen MR) is 108 cm³/mol. The maximum atomic E-state index is 11.9. The minimum atomic E-state index is -0.214. The van der Waals surface area contributed by atoms with Crippen molar-refractivity contribution >= 4 is 23.1 Å². The summed E-state index contributed by atoms with van der Waals surface area (Å²) in [5, 5.41) is 9.48. The molecule has 1 aliphatic heterocycles. The molecule has 0 unspecified atom stereocenters. The van der Waals surface area contributed by atoms with Crippen molar-refractivity contribution in [1.29, 1.82) is 5.26 Å². The van der Waals surface area contributed by atoms with Gasteiger partial charge in [0.05, 0.1) is 22.7 Å². The first-order valence-electron chi connectivity index (χ1n) is 9.14. The van der Waals surface area contributed by atoms with Crippen LogP contribution in [0, 0.1) is 11.3 Å². The van der Waals surface area contributed by atoms with Gasteiger partial charge in [0.2, 0.25) is 0 Å². The van der Waals surface area contributed by atoms with E-state index in [1.54, 1.807) is 6.07 Å². The van der Waals surface area contributed by atoms with Gasteiger partial charge in [0.25, 0.3) is 0 Å². The zero-order valence-electron chi connectivity index (χ0n) is 15.8. The second-order valence-corrected chi connectivity index (χ2v) is 7.75. The highest BCUT2D eigenvalue weighted by molar-refractivity contribution is 6.32. The number of nitriles is 1. The number of carbonyl (C=O) groups is 1. The second kappa shape index (κ2) is 7.62. The van der Waals surface area contributed by atoms with Gasteiger partial charge in [0, 0.05) is 17.7 Å². The van der Waals surface area contributed by atoms with Crippen LogP contribution in [0.25, 0.3) is 0 Å². The van der Waals surface area contributed by atoms with Crippen LogP contribution >= 0.6 is 11.6 Å². The van der Waals surface area contributed by atoms with E-state index in [9.17, 15) is 4.79 Å². The molecule has 0 radical (unpaired) electrons. The molecule has 1 atom stereocenters. The molecule has 0 saturated carbocycles. The molecule has 140 valence electrons. The number of hydrogen-bond acceptors (Lipinski definition) is 4. The third-order valence-corrected chi connectivity index (χ3v) is 5.46. The topological polar surface area (TPSA) is 53.3 Å². The van der Waals surface area contributed by atoms with E-state index < -0.39 is 0 Å². The van der Waals surface area contributed by atoms with Crippen LogP contribution in [0.1, 0.15) is 49.5 Å². The Morgan fingerprint density at radius 3 is 2.56 bits per heavy atom. The first-order valence-corrected chi connectivity index (χ1v) is 9.51. The predicted octanol–water partition coefficient (Wildman–Crippen LogP) is 5.24. The van der Waals surface area contributed by atoms with Gasteiger partial charge in [-0.2, -0.15) is 5.26 Å². The van der Waals surface area contributed by atoms with Gasteiger partial charge in [0.1, 0.15) is 17.9 Å². The minimum absolute atomic E-state index is 0.0177. The van der Waals surface area contributed by atoms with Crippen LogP contribution in [0.15, 0.2) is 42.5 Å². The molecule has 27 heavy (non-hydrogen) atoms. The van der Waals surface area contributed by atoms with E-state index in [2.05, 4.69) is 24.8 Å². The van der Waals surface area contributed by atoms with Crippen molar-refractivity contribution in [1.82, 2.24) is 0 Å². The molecular weight excluding hydrogens is 360 g/mol. The fourth-order valence-corrected chi connectivity index (χ4v) is 3.54. The fraction of sp³-hybridized carbons (Fsp3) is 0.364. The lowest BCUT2D eigenvalue weighted by atomic mass is 9.84. The molecule has 1 heterocycles. The number of nitrogens with zero attached hydrogens (tertiary/aromatic N) is 2. The van der Waals surface area contributed by atoms with Crippen molar-refractivity contribution in [2.75, 3.05) is 11.4 Å². The Morgan fingerprint density at radius 1 is 1.30 bits per heavy atom. The SMILES string of the molecule is CCCC(=O)c1ccc(O[C@@H]2CN(c3ccc(C#N)c(Cl)c3)C2(C)C)cc1. The summed E-state index contributed by atoms with van der Waals surface area (Å²) in [4.78, 5) is 14.2. The number of Topliss-reactive ketones (excluding diaryl/α,β-unsaturated/α-hetero) is 1. The zero-order chi connectivity index (χ0) is 19.6. The zero-order valence-corrected chi connectivity index (χ0v) is 16.6.